The molecule has 0 fully saturated rings. The minimum atomic E-state index is -0.372. The summed E-state index contributed by atoms with van der Waals surface area (Å²) >= 11 is 6.54. The van der Waals surface area contributed by atoms with Gasteiger partial charge in [-0.05, 0) is 37.5 Å². The van der Waals surface area contributed by atoms with E-state index in [1.54, 1.807) is 0 Å². The van der Waals surface area contributed by atoms with Gasteiger partial charge >= 0.3 is 0 Å². The molecule has 5 heteroatoms. The van der Waals surface area contributed by atoms with E-state index in [4.69, 9.17) is 11.6 Å². The molecule has 0 saturated carbocycles. The van der Waals surface area contributed by atoms with Crippen LogP contribution in [0.1, 0.15) is 37.7 Å². The second-order valence-corrected chi connectivity index (χ2v) is 6.88. The van der Waals surface area contributed by atoms with Gasteiger partial charge < -0.3 is 10.2 Å². The maximum atomic E-state index is 12.6. The summed E-state index contributed by atoms with van der Waals surface area (Å²) in [5, 5.41) is 13.5. The molecule has 0 spiro atoms. The number of nitrogens with one attached hydrogen (secondary N) is 1. The second-order valence-electron chi connectivity index (χ2n) is 6.48. The first-order chi connectivity index (χ1) is 11.4. The third kappa shape index (κ3) is 2.70. The van der Waals surface area contributed by atoms with Gasteiger partial charge in [0, 0.05) is 48.2 Å². The average molecular weight is 342 g/mol. The molecule has 1 aromatic carbocycles. The van der Waals surface area contributed by atoms with Crippen molar-refractivity contribution in [2.45, 2.75) is 32.1 Å². The number of halogens is 1. The predicted octanol–water partition coefficient (Wildman–Crippen LogP) is 3.90. The fourth-order valence-corrected chi connectivity index (χ4v) is 3.75. The van der Waals surface area contributed by atoms with Crippen molar-refractivity contribution in [2.24, 2.45) is 0 Å². The van der Waals surface area contributed by atoms with Crippen LogP contribution in [0.3, 0.4) is 0 Å². The first-order valence-corrected chi connectivity index (χ1v) is 8.42. The van der Waals surface area contributed by atoms with Crippen molar-refractivity contribution >= 4 is 23.1 Å². The smallest absolute Gasteiger partial charge is 0.161 e. The Morgan fingerprint density at radius 1 is 1.33 bits per heavy atom. The molecule has 4 nitrogen and oxygen atoms in total. The highest BCUT2D eigenvalue weighted by molar-refractivity contribution is 6.32. The molecule has 1 aliphatic carbocycles. The summed E-state index contributed by atoms with van der Waals surface area (Å²) in [6.45, 7) is 1.89. The Morgan fingerprint density at radius 3 is 2.71 bits per heavy atom. The molecule has 24 heavy (non-hydrogen) atoms. The van der Waals surface area contributed by atoms with Crippen molar-refractivity contribution in [3.63, 3.8) is 0 Å². The van der Waals surface area contributed by atoms with Crippen LogP contribution in [0.4, 0.5) is 5.69 Å². The van der Waals surface area contributed by atoms with E-state index in [9.17, 15) is 10.1 Å². The first-order valence-electron chi connectivity index (χ1n) is 8.05. The molecule has 1 aliphatic heterocycles. The number of hydrogen-bond donors (Lipinski definition) is 1. The summed E-state index contributed by atoms with van der Waals surface area (Å²) in [5.41, 5.74) is 4.85. The lowest BCUT2D eigenvalue weighted by Crippen LogP contribution is -2.31. The summed E-state index contributed by atoms with van der Waals surface area (Å²) < 4.78 is 0. The lowest BCUT2D eigenvalue weighted by atomic mass is 9.75. The predicted molar refractivity (Wildman–Crippen MR) is 95.9 cm³/mol. The van der Waals surface area contributed by atoms with Gasteiger partial charge in [-0.15, -0.1) is 0 Å². The van der Waals surface area contributed by atoms with Crippen LogP contribution in [-0.4, -0.2) is 19.9 Å². The average Bonchev–Trinajstić information content (AvgIpc) is 2.53. The Balaban J connectivity index is 2.18. The number of Topliss-reactive ketones (excluding diaryl/α,β-unsaturated/α-hetero) is 1. The van der Waals surface area contributed by atoms with Crippen molar-refractivity contribution < 1.29 is 4.79 Å². The molecular weight excluding hydrogens is 322 g/mol. The van der Waals surface area contributed by atoms with Gasteiger partial charge in [0.05, 0.1) is 17.6 Å². The van der Waals surface area contributed by atoms with Crippen molar-refractivity contribution in [1.29, 1.82) is 5.26 Å². The topological polar surface area (TPSA) is 56.1 Å². The largest absolute Gasteiger partial charge is 0.378 e. The number of dihydropyridines is 1. The van der Waals surface area contributed by atoms with E-state index in [0.717, 1.165) is 35.5 Å². The van der Waals surface area contributed by atoms with E-state index >= 15 is 0 Å². The molecule has 0 radical (unpaired) electrons. The molecule has 1 heterocycles. The molecule has 1 atom stereocenters. The minimum Gasteiger partial charge on any atom is -0.378 e. The zero-order valence-corrected chi connectivity index (χ0v) is 14.9. The Hall–Kier alpha value is -2.25. The van der Waals surface area contributed by atoms with Gasteiger partial charge in [0.25, 0.3) is 0 Å². The molecule has 0 bridgehead atoms. The standard InChI is InChI=1S/C19H20ClN3O/c1-11-14(10-21)18(19-16(22-11)5-4-6-17(19)24)13-8-7-12(23(2)3)9-15(13)20/h7-9,18,22H,4-6H2,1-3H3/t18-/m0/s1. The third-order valence-electron chi connectivity index (χ3n) is 4.71. The Bertz CT molecular complexity index is 814. The molecule has 0 unspecified atom stereocenters. The van der Waals surface area contributed by atoms with Crippen molar-refractivity contribution in [2.75, 3.05) is 19.0 Å². The van der Waals surface area contributed by atoms with Crippen molar-refractivity contribution in [3.8, 4) is 6.07 Å². The number of nitriles is 1. The van der Waals surface area contributed by atoms with Gasteiger partial charge in [0.1, 0.15) is 0 Å². The summed E-state index contributed by atoms with van der Waals surface area (Å²) in [6.07, 6.45) is 2.21. The SMILES string of the molecule is CC1=C(C#N)[C@H](c2ccc(N(C)C)cc2Cl)C2=C(CCCC2=O)N1. The Morgan fingerprint density at radius 2 is 2.08 bits per heavy atom. The van der Waals surface area contributed by atoms with E-state index in [2.05, 4.69) is 11.4 Å². The number of benzene rings is 1. The van der Waals surface area contributed by atoms with Crippen molar-refractivity contribution in [1.82, 2.24) is 5.32 Å². The fraction of sp³-hybridized carbons (Fsp3) is 0.368. The van der Waals surface area contributed by atoms with E-state index in [-0.39, 0.29) is 11.7 Å². The van der Waals surface area contributed by atoms with Crippen LogP contribution in [0.2, 0.25) is 5.02 Å². The number of carbonyl (C=O) groups is 1. The molecule has 0 aromatic heterocycles. The Labute approximate surface area is 147 Å². The quantitative estimate of drug-likeness (QED) is 0.886. The lowest BCUT2D eigenvalue weighted by molar-refractivity contribution is -0.116. The number of hydrogen-bond acceptors (Lipinski definition) is 4. The zero-order valence-electron chi connectivity index (χ0n) is 14.1. The molecule has 1 N–H and O–H groups in total. The maximum Gasteiger partial charge on any atom is 0.161 e. The van der Waals surface area contributed by atoms with Crippen molar-refractivity contribution in [3.05, 3.63) is 51.3 Å². The highest BCUT2D eigenvalue weighted by Gasteiger charge is 2.36. The molecule has 2 aliphatic rings. The fourth-order valence-electron chi connectivity index (χ4n) is 3.47. The van der Waals surface area contributed by atoms with Gasteiger partial charge in [0.2, 0.25) is 0 Å². The van der Waals surface area contributed by atoms with Crippen LogP contribution < -0.4 is 10.2 Å². The number of allylic oxidation sites excluding steroid dienone is 4. The number of carbonyl (C=O) groups excluding carboxylic acids is 1. The third-order valence-corrected chi connectivity index (χ3v) is 5.04. The monoisotopic (exact) mass is 341 g/mol. The molecule has 0 saturated heterocycles. The van der Waals surface area contributed by atoms with E-state index in [0.29, 0.717) is 22.6 Å². The number of anilines is 1. The number of rotatable bonds is 2. The van der Waals surface area contributed by atoms with E-state index < -0.39 is 0 Å². The van der Waals surface area contributed by atoms with E-state index in [1.807, 2.05) is 44.1 Å². The van der Waals surface area contributed by atoms with Gasteiger partial charge in [-0.2, -0.15) is 5.26 Å². The second kappa shape index (κ2) is 6.33. The van der Waals surface area contributed by atoms with Crippen LogP contribution in [-0.2, 0) is 4.79 Å². The van der Waals surface area contributed by atoms with E-state index in [1.165, 1.54) is 0 Å². The molecule has 1 aromatic rings. The van der Waals surface area contributed by atoms with Crippen LogP contribution >= 0.6 is 11.6 Å². The summed E-state index contributed by atoms with van der Waals surface area (Å²) in [7, 11) is 3.90. The van der Waals surface area contributed by atoms with Crippen LogP contribution in [0.25, 0.3) is 0 Å². The van der Waals surface area contributed by atoms with Gasteiger partial charge in [-0.1, -0.05) is 17.7 Å². The molecule has 3 rings (SSSR count). The molecule has 0 amide bonds. The maximum absolute atomic E-state index is 12.6. The molecule has 124 valence electrons. The number of ketones is 1. The van der Waals surface area contributed by atoms with Gasteiger partial charge in [0.15, 0.2) is 5.78 Å². The van der Waals surface area contributed by atoms with Gasteiger partial charge in [-0.25, -0.2) is 0 Å². The highest BCUT2D eigenvalue weighted by atomic mass is 35.5. The minimum absolute atomic E-state index is 0.113. The molecular formula is C19H20ClN3O. The summed E-state index contributed by atoms with van der Waals surface area (Å²) in [4.78, 5) is 14.6. The number of nitrogens with zero attached hydrogens (tertiary/aromatic N) is 2. The van der Waals surface area contributed by atoms with Crippen LogP contribution in [0.5, 0.6) is 0 Å². The normalized spacial score (nSPS) is 20.5. The zero-order chi connectivity index (χ0) is 17.4. The van der Waals surface area contributed by atoms with Gasteiger partial charge in [-0.3, -0.25) is 4.79 Å². The van der Waals surface area contributed by atoms with Crippen LogP contribution in [0.15, 0.2) is 40.7 Å². The summed E-state index contributed by atoms with van der Waals surface area (Å²) in [5.74, 6) is -0.260. The highest BCUT2D eigenvalue weighted by Crippen LogP contribution is 2.44. The Kier molecular flexibility index (Phi) is 4.38. The summed E-state index contributed by atoms with van der Waals surface area (Å²) in [6, 6.07) is 8.08. The lowest BCUT2D eigenvalue weighted by Gasteiger charge is -2.33. The first kappa shape index (κ1) is 16.6. The van der Waals surface area contributed by atoms with Crippen LogP contribution in [0, 0.1) is 11.3 Å².